The lowest BCUT2D eigenvalue weighted by molar-refractivity contribution is -0.0264. The first-order valence-electron chi connectivity index (χ1n) is 6.56. The van der Waals surface area contributed by atoms with Gasteiger partial charge in [0.1, 0.15) is 6.10 Å². The molecule has 2 fully saturated rings. The molecule has 0 spiro atoms. The van der Waals surface area contributed by atoms with Crippen molar-refractivity contribution in [2.24, 2.45) is 5.73 Å². The number of nitrogens with zero attached hydrogens (tertiary/aromatic N) is 3. The van der Waals surface area contributed by atoms with Gasteiger partial charge in [-0.05, 0) is 26.3 Å². The Balaban J connectivity index is 1.65. The third kappa shape index (κ3) is 2.41. The first-order chi connectivity index (χ1) is 8.65. The van der Waals surface area contributed by atoms with Gasteiger partial charge in [-0.15, -0.1) is 0 Å². The van der Waals surface area contributed by atoms with E-state index < -0.39 is 0 Å². The summed E-state index contributed by atoms with van der Waals surface area (Å²) in [5.41, 5.74) is 6.06. The van der Waals surface area contributed by atoms with Gasteiger partial charge in [0.15, 0.2) is 0 Å². The lowest BCUT2D eigenvalue weighted by Gasteiger charge is -2.36. The topological polar surface area (TPSA) is 77.4 Å². The van der Waals surface area contributed by atoms with Crippen molar-refractivity contribution < 1.29 is 9.26 Å². The Kier molecular flexibility index (Phi) is 3.09. The van der Waals surface area contributed by atoms with Gasteiger partial charge in [-0.2, -0.15) is 4.98 Å². The van der Waals surface area contributed by atoms with Crippen molar-refractivity contribution in [2.75, 3.05) is 26.7 Å². The van der Waals surface area contributed by atoms with Crippen LogP contribution in [0.15, 0.2) is 4.52 Å². The van der Waals surface area contributed by atoms with E-state index in [1.54, 1.807) is 0 Å². The van der Waals surface area contributed by atoms with Gasteiger partial charge in [0.25, 0.3) is 0 Å². The molecule has 2 heterocycles. The van der Waals surface area contributed by atoms with Gasteiger partial charge < -0.3 is 19.9 Å². The highest BCUT2D eigenvalue weighted by atomic mass is 16.5. The smallest absolute Gasteiger partial charge is 0.228 e. The fraction of sp³-hybridized carbons (Fsp3) is 0.833. The molecule has 6 nitrogen and oxygen atoms in total. The van der Waals surface area contributed by atoms with Crippen LogP contribution in [0.3, 0.4) is 0 Å². The molecule has 2 aliphatic rings. The van der Waals surface area contributed by atoms with Gasteiger partial charge in [0.05, 0.1) is 6.61 Å². The normalized spacial score (nSPS) is 28.0. The van der Waals surface area contributed by atoms with E-state index in [0.717, 1.165) is 25.9 Å². The molecule has 1 aromatic rings. The number of likely N-dealkylation sites (N-methyl/N-ethyl adjacent to an activating group) is 1. The molecule has 0 amide bonds. The minimum absolute atomic E-state index is 0.0728. The average molecular weight is 252 g/mol. The summed E-state index contributed by atoms with van der Waals surface area (Å²) in [5, 5.41) is 4.02. The van der Waals surface area contributed by atoms with Crippen molar-refractivity contribution in [3.8, 4) is 0 Å². The molecule has 0 radical (unpaired) electrons. The number of hydrogen-bond acceptors (Lipinski definition) is 6. The third-order valence-corrected chi connectivity index (χ3v) is 3.89. The molecular formula is C12H20N4O2. The number of rotatable bonds is 3. The molecule has 3 rings (SSSR count). The first kappa shape index (κ1) is 12.1. The van der Waals surface area contributed by atoms with Crippen molar-refractivity contribution in [1.82, 2.24) is 15.0 Å². The molecule has 1 saturated carbocycles. The molecule has 18 heavy (non-hydrogen) atoms. The maximum absolute atomic E-state index is 6.18. The van der Waals surface area contributed by atoms with E-state index in [2.05, 4.69) is 22.1 Å². The van der Waals surface area contributed by atoms with E-state index in [0.29, 0.717) is 24.7 Å². The minimum Gasteiger partial charge on any atom is -0.367 e. The second-order valence-electron chi connectivity index (χ2n) is 5.56. The number of aromatic nitrogens is 2. The maximum Gasteiger partial charge on any atom is 0.228 e. The Bertz CT molecular complexity index is 416. The van der Waals surface area contributed by atoms with Crippen LogP contribution in [-0.2, 0) is 11.2 Å². The standard InChI is InChI=1S/C12H20N4O2/c1-16-5-6-17-9(8-16)11-14-10(18-15-11)7-12(13)3-2-4-12/h9H,2-8,13H2,1H3. The number of morpholine rings is 1. The Labute approximate surface area is 106 Å². The maximum atomic E-state index is 6.18. The van der Waals surface area contributed by atoms with E-state index in [9.17, 15) is 0 Å². The van der Waals surface area contributed by atoms with Crippen LogP contribution in [0.1, 0.15) is 37.1 Å². The predicted molar refractivity (Wildman–Crippen MR) is 65.0 cm³/mol. The lowest BCUT2D eigenvalue weighted by Crippen LogP contribution is -2.48. The zero-order valence-corrected chi connectivity index (χ0v) is 10.8. The van der Waals surface area contributed by atoms with Crippen molar-refractivity contribution in [3.05, 3.63) is 11.7 Å². The molecule has 2 N–H and O–H groups in total. The Morgan fingerprint density at radius 2 is 2.33 bits per heavy atom. The van der Waals surface area contributed by atoms with E-state index in [1.165, 1.54) is 6.42 Å². The first-order valence-corrected chi connectivity index (χ1v) is 6.56. The summed E-state index contributed by atoms with van der Waals surface area (Å²) >= 11 is 0. The quantitative estimate of drug-likeness (QED) is 0.844. The van der Waals surface area contributed by atoms with Crippen LogP contribution < -0.4 is 5.73 Å². The van der Waals surface area contributed by atoms with Gasteiger partial charge in [0, 0.05) is 25.0 Å². The number of ether oxygens (including phenoxy) is 1. The van der Waals surface area contributed by atoms with Crippen LogP contribution in [0.5, 0.6) is 0 Å². The summed E-state index contributed by atoms with van der Waals surface area (Å²) in [4.78, 5) is 6.63. The monoisotopic (exact) mass is 252 g/mol. The second-order valence-corrected chi connectivity index (χ2v) is 5.56. The van der Waals surface area contributed by atoms with Gasteiger partial charge >= 0.3 is 0 Å². The van der Waals surface area contributed by atoms with Crippen LogP contribution in [0.4, 0.5) is 0 Å². The van der Waals surface area contributed by atoms with Crippen LogP contribution >= 0.6 is 0 Å². The highest BCUT2D eigenvalue weighted by Gasteiger charge is 2.35. The van der Waals surface area contributed by atoms with Crippen molar-refractivity contribution >= 4 is 0 Å². The highest BCUT2D eigenvalue weighted by Crippen LogP contribution is 2.32. The molecule has 1 aromatic heterocycles. The number of hydrogen-bond donors (Lipinski definition) is 1. The van der Waals surface area contributed by atoms with Gasteiger partial charge in [-0.3, -0.25) is 0 Å². The molecule has 0 bridgehead atoms. The predicted octanol–water partition coefficient (Wildman–Crippen LogP) is 0.497. The highest BCUT2D eigenvalue weighted by molar-refractivity contribution is 5.02. The van der Waals surface area contributed by atoms with Crippen molar-refractivity contribution in [1.29, 1.82) is 0 Å². The number of nitrogens with two attached hydrogens (primary N) is 1. The summed E-state index contributed by atoms with van der Waals surface area (Å²) in [6.45, 7) is 2.48. The SMILES string of the molecule is CN1CCOC(c2noc(CC3(N)CCC3)n2)C1. The molecule has 6 heteroatoms. The van der Waals surface area contributed by atoms with Gasteiger partial charge in [0.2, 0.25) is 11.7 Å². The molecule has 1 aliphatic carbocycles. The molecule has 100 valence electrons. The Hall–Kier alpha value is -0.980. The summed E-state index contributed by atoms with van der Waals surface area (Å²) in [6.07, 6.45) is 3.91. The summed E-state index contributed by atoms with van der Waals surface area (Å²) in [7, 11) is 2.07. The summed E-state index contributed by atoms with van der Waals surface area (Å²) in [5.74, 6) is 1.29. The van der Waals surface area contributed by atoms with E-state index in [4.69, 9.17) is 15.0 Å². The zero-order chi connectivity index (χ0) is 12.6. The fourth-order valence-corrected chi connectivity index (χ4v) is 2.51. The lowest BCUT2D eigenvalue weighted by atomic mass is 9.75. The second kappa shape index (κ2) is 4.60. The Morgan fingerprint density at radius 3 is 3.00 bits per heavy atom. The largest absolute Gasteiger partial charge is 0.367 e. The average Bonchev–Trinajstić information content (AvgIpc) is 2.75. The van der Waals surface area contributed by atoms with Crippen LogP contribution in [-0.4, -0.2) is 47.3 Å². The van der Waals surface area contributed by atoms with Crippen molar-refractivity contribution in [2.45, 2.75) is 37.3 Å². The molecule has 1 saturated heterocycles. The fourth-order valence-electron chi connectivity index (χ4n) is 2.51. The molecule has 1 aliphatic heterocycles. The molecule has 1 atom stereocenters. The van der Waals surface area contributed by atoms with Gasteiger partial charge in [-0.25, -0.2) is 0 Å². The minimum atomic E-state index is -0.117. The van der Waals surface area contributed by atoms with Crippen molar-refractivity contribution in [3.63, 3.8) is 0 Å². The van der Waals surface area contributed by atoms with E-state index >= 15 is 0 Å². The molecule has 0 aromatic carbocycles. The van der Waals surface area contributed by atoms with Gasteiger partial charge in [-0.1, -0.05) is 5.16 Å². The zero-order valence-electron chi connectivity index (χ0n) is 10.8. The van der Waals surface area contributed by atoms with Crippen LogP contribution in [0.2, 0.25) is 0 Å². The van der Waals surface area contributed by atoms with E-state index in [1.807, 2.05) is 0 Å². The van der Waals surface area contributed by atoms with Crippen LogP contribution in [0, 0.1) is 0 Å². The van der Waals surface area contributed by atoms with E-state index in [-0.39, 0.29) is 11.6 Å². The third-order valence-electron chi connectivity index (χ3n) is 3.89. The molecular weight excluding hydrogens is 232 g/mol. The molecule has 1 unspecified atom stereocenters. The summed E-state index contributed by atoms with van der Waals surface area (Å²) in [6, 6.07) is 0. The van der Waals surface area contributed by atoms with Crippen LogP contribution in [0.25, 0.3) is 0 Å². The Morgan fingerprint density at radius 1 is 1.50 bits per heavy atom. The summed E-state index contributed by atoms with van der Waals surface area (Å²) < 4.78 is 10.9.